The Bertz CT molecular complexity index is 3330. The van der Waals surface area contributed by atoms with E-state index in [1.165, 1.54) is 64.7 Å². The second-order valence-electron chi connectivity index (χ2n) is 21.6. The standard InChI is InChI=1S/C31H38N6O2.C26H29N5O2.C5H11NO/c1-36-29-7-6-22(18-23(29)19-30(36)31(38)34-24-9-16-39-17-10-24)27-20-28(25-21-32-12-8-26(25)35-27)33-11-5-15-37-13-3-2-4-14-37;1-30-24-7-6-18(14-19(24)15-25(30)26(32)33)22-16-23(20-17-27-10-8-21(20)29-22)28-9-5-13-31-11-3-2-4-12-31;6-5-1-3-7-4-2-5/h6-8,12,18-21,24H,2-5,9-11,13-17H2,1H3,(H,33,35)(H,34,38);6-8,10,14-17H,2-5,9,11-13H2,1H3,(H,28,29)(H,32,33);5H,1-4,6H2. The molecule has 4 aliphatic heterocycles. The van der Waals surface area contributed by atoms with Gasteiger partial charge in [0.25, 0.3) is 5.91 Å². The van der Waals surface area contributed by atoms with E-state index >= 15 is 0 Å². The van der Waals surface area contributed by atoms with Crippen LogP contribution in [-0.4, -0.2) is 147 Å². The molecule has 0 atom stereocenters. The van der Waals surface area contributed by atoms with Gasteiger partial charge in [-0.2, -0.15) is 0 Å². The van der Waals surface area contributed by atoms with Crippen LogP contribution in [0.4, 0.5) is 11.4 Å². The van der Waals surface area contributed by atoms with Crippen LogP contribution in [0.1, 0.15) is 98.0 Å². The third-order valence-corrected chi connectivity index (χ3v) is 16.0. The topological polar surface area (TPSA) is 203 Å². The molecule has 12 rings (SSSR count). The molecule has 6 N–H and O–H groups in total. The van der Waals surface area contributed by atoms with E-state index in [1.807, 2.05) is 60.4 Å². The fraction of sp³-hybridized carbons (Fsp3) is 0.452. The van der Waals surface area contributed by atoms with Crippen LogP contribution >= 0.6 is 0 Å². The van der Waals surface area contributed by atoms with Gasteiger partial charge in [-0.3, -0.25) is 14.8 Å². The van der Waals surface area contributed by atoms with Crippen LogP contribution < -0.4 is 21.7 Å². The molecule has 2 aromatic carbocycles. The first-order chi connectivity index (χ1) is 38.6. The Kier molecular flexibility index (Phi) is 18.7. The van der Waals surface area contributed by atoms with Crippen molar-refractivity contribution in [3.63, 3.8) is 0 Å². The molecule has 79 heavy (non-hydrogen) atoms. The van der Waals surface area contributed by atoms with Crippen molar-refractivity contribution in [3.8, 4) is 22.5 Å². The maximum absolute atomic E-state index is 13.1. The number of nitrogens with one attached hydrogen (secondary N) is 3. The van der Waals surface area contributed by atoms with Gasteiger partial charge in [-0.1, -0.05) is 25.0 Å². The fourth-order valence-corrected chi connectivity index (χ4v) is 11.4. The summed E-state index contributed by atoms with van der Waals surface area (Å²) < 4.78 is 14.2. The second-order valence-corrected chi connectivity index (χ2v) is 21.6. The summed E-state index contributed by atoms with van der Waals surface area (Å²) in [7, 11) is 3.73. The van der Waals surface area contributed by atoms with Gasteiger partial charge in [-0.25, -0.2) is 14.8 Å². The maximum Gasteiger partial charge on any atom is 0.352 e. The Morgan fingerprint density at radius 2 is 1.08 bits per heavy atom. The summed E-state index contributed by atoms with van der Waals surface area (Å²) in [6.45, 7) is 12.1. The zero-order valence-electron chi connectivity index (χ0n) is 46.1. The minimum Gasteiger partial charge on any atom is -0.477 e. The number of hydrogen-bond acceptors (Lipinski definition) is 13. The largest absolute Gasteiger partial charge is 0.477 e. The fourth-order valence-electron chi connectivity index (χ4n) is 11.4. The molecule has 17 heteroatoms. The average molecular weight is 1070 g/mol. The van der Waals surface area contributed by atoms with E-state index in [1.54, 1.807) is 30.1 Å². The lowest BCUT2D eigenvalue weighted by Gasteiger charge is -2.26. The Morgan fingerprint density at radius 1 is 0.608 bits per heavy atom. The third kappa shape index (κ3) is 14.1. The molecule has 0 unspecified atom stereocenters. The third-order valence-electron chi connectivity index (χ3n) is 16.0. The number of likely N-dealkylation sites (tertiary alicyclic amines) is 2. The van der Waals surface area contributed by atoms with Gasteiger partial charge in [0, 0.05) is 146 Å². The Morgan fingerprint density at radius 3 is 1.54 bits per heavy atom. The van der Waals surface area contributed by atoms with Crippen molar-refractivity contribution in [3.05, 3.63) is 109 Å². The quantitative estimate of drug-likeness (QED) is 0.0607. The zero-order valence-corrected chi connectivity index (χ0v) is 46.1. The van der Waals surface area contributed by atoms with Crippen LogP contribution in [-0.2, 0) is 23.6 Å². The lowest BCUT2D eigenvalue weighted by Crippen LogP contribution is -2.39. The first-order valence-corrected chi connectivity index (χ1v) is 28.7. The van der Waals surface area contributed by atoms with E-state index in [4.69, 9.17) is 25.2 Å². The first kappa shape index (κ1) is 55.3. The summed E-state index contributed by atoms with van der Waals surface area (Å²) in [5, 5.41) is 23.9. The van der Waals surface area contributed by atoms with E-state index in [0.717, 1.165) is 155 Å². The molecule has 1 amide bonds. The van der Waals surface area contributed by atoms with Gasteiger partial charge in [0.2, 0.25) is 0 Å². The second kappa shape index (κ2) is 26.8. The minimum absolute atomic E-state index is 0.0329. The molecule has 4 saturated heterocycles. The summed E-state index contributed by atoms with van der Waals surface area (Å²) in [5.41, 5.74) is 16.1. The number of carboxylic acid groups (broad SMARTS) is 1. The highest BCUT2D eigenvalue weighted by Gasteiger charge is 2.21. The van der Waals surface area contributed by atoms with Crippen molar-refractivity contribution in [2.45, 2.75) is 89.1 Å². The SMILES string of the molecule is Cn1c(C(=O)NC2CCOCC2)cc2cc(-c3cc(NCCCN4CCCCC4)c4cnccc4n3)ccc21.Cn1c(C(=O)O)cc2cc(-c3cc(NCCCN4CCCCC4)c4cnccc4n3)ccc21.NC1CCOCC1. The summed E-state index contributed by atoms with van der Waals surface area (Å²) in [4.78, 5) is 48.2. The number of hydrogen-bond donors (Lipinski definition) is 5. The number of fused-ring (bicyclic) bond motifs is 4. The van der Waals surface area contributed by atoms with Gasteiger partial charge < -0.3 is 55.2 Å². The number of carbonyl (C=O) groups excluding carboxylic acids is 1. The number of carboxylic acids is 1. The number of piperidine rings is 2. The molecule has 17 nitrogen and oxygen atoms in total. The molecule has 6 aromatic heterocycles. The molecule has 0 radical (unpaired) electrons. The van der Waals surface area contributed by atoms with Crippen LogP contribution in [0.2, 0.25) is 0 Å². The number of nitrogens with zero attached hydrogens (tertiary/aromatic N) is 8. The lowest BCUT2D eigenvalue weighted by atomic mass is 10.1. The molecule has 4 fully saturated rings. The highest BCUT2D eigenvalue weighted by Crippen LogP contribution is 2.33. The van der Waals surface area contributed by atoms with Crippen LogP contribution in [0.3, 0.4) is 0 Å². The van der Waals surface area contributed by atoms with E-state index in [-0.39, 0.29) is 17.6 Å². The van der Waals surface area contributed by atoms with E-state index in [2.05, 4.69) is 66.0 Å². The number of ether oxygens (including phenoxy) is 2. The lowest BCUT2D eigenvalue weighted by molar-refractivity contribution is 0.0681. The number of aryl methyl sites for hydroxylation is 2. The van der Waals surface area contributed by atoms with Gasteiger partial charge in [0.15, 0.2) is 0 Å². The van der Waals surface area contributed by atoms with Gasteiger partial charge in [0.1, 0.15) is 11.4 Å². The minimum atomic E-state index is -0.928. The predicted octanol–water partition coefficient (Wildman–Crippen LogP) is 9.88. The molecule has 10 heterocycles. The average Bonchev–Trinajstić information content (AvgIpc) is 4.20. The van der Waals surface area contributed by atoms with E-state index < -0.39 is 5.97 Å². The van der Waals surface area contributed by atoms with Gasteiger partial charge in [-0.05, 0) is 164 Å². The molecule has 4 aliphatic rings. The van der Waals surface area contributed by atoms with Gasteiger partial charge in [-0.15, -0.1) is 0 Å². The maximum atomic E-state index is 13.1. The number of rotatable bonds is 15. The van der Waals surface area contributed by atoms with Crippen molar-refractivity contribution < 1.29 is 24.2 Å². The van der Waals surface area contributed by atoms with Crippen LogP contribution in [0, 0.1) is 0 Å². The molecule has 0 aliphatic carbocycles. The molecule has 0 saturated carbocycles. The Hall–Kier alpha value is -7.02. The zero-order chi connectivity index (χ0) is 54.5. The Labute approximate surface area is 463 Å². The molecule has 0 bridgehead atoms. The van der Waals surface area contributed by atoms with Crippen molar-refractivity contribution in [2.75, 3.05) is 89.4 Å². The van der Waals surface area contributed by atoms with Crippen LogP contribution in [0.15, 0.2) is 97.6 Å². The van der Waals surface area contributed by atoms with Crippen LogP contribution in [0.5, 0.6) is 0 Å². The number of anilines is 2. The molecule has 416 valence electrons. The van der Waals surface area contributed by atoms with Gasteiger partial charge >= 0.3 is 5.97 Å². The molecular formula is C62H78N12O5. The highest BCUT2D eigenvalue weighted by atomic mass is 16.5. The molecular weight excluding hydrogens is 993 g/mol. The van der Waals surface area contributed by atoms with Gasteiger partial charge in [0.05, 0.1) is 22.4 Å². The smallest absolute Gasteiger partial charge is 0.352 e. The molecule has 8 aromatic rings. The monoisotopic (exact) mass is 1070 g/mol. The van der Waals surface area contributed by atoms with Crippen molar-refractivity contribution in [1.82, 2.24) is 44.2 Å². The van der Waals surface area contributed by atoms with Crippen LogP contribution in [0.25, 0.3) is 66.1 Å². The summed E-state index contributed by atoms with van der Waals surface area (Å²) in [6, 6.07) is 24.7. The number of nitrogens with two attached hydrogens (primary N) is 1. The number of amides is 1. The molecule has 0 spiro atoms. The van der Waals surface area contributed by atoms with Crippen molar-refractivity contribution in [1.29, 1.82) is 0 Å². The van der Waals surface area contributed by atoms with E-state index in [9.17, 15) is 14.7 Å². The summed E-state index contributed by atoms with van der Waals surface area (Å²) in [5.74, 6) is -0.961. The summed E-state index contributed by atoms with van der Waals surface area (Å²) >= 11 is 0. The first-order valence-electron chi connectivity index (χ1n) is 28.7. The summed E-state index contributed by atoms with van der Waals surface area (Å²) in [6.07, 6.45) is 21.3. The van der Waals surface area contributed by atoms with Crippen molar-refractivity contribution >= 4 is 66.9 Å². The van der Waals surface area contributed by atoms with E-state index in [0.29, 0.717) is 24.9 Å². The Balaban J connectivity index is 0.000000160. The normalized spacial score (nSPS) is 16.8. The number of benzene rings is 2. The number of carbonyl (C=O) groups is 2. The predicted molar refractivity (Wildman–Crippen MR) is 316 cm³/mol. The number of aromatic carboxylic acids is 1. The highest BCUT2D eigenvalue weighted by molar-refractivity contribution is 6.01. The number of pyridine rings is 4. The number of aromatic nitrogens is 6. The van der Waals surface area contributed by atoms with Crippen molar-refractivity contribution in [2.24, 2.45) is 19.8 Å².